The highest BCUT2D eigenvalue weighted by Crippen LogP contribution is 2.19. The lowest BCUT2D eigenvalue weighted by atomic mass is 10.0. The number of likely N-dealkylation sites (tertiary alicyclic amines) is 1. The SMILES string of the molecule is COC(=O)C(C)CN1CCCCC1C(=O)OC. The number of hydrogen-bond donors (Lipinski definition) is 0. The van der Waals surface area contributed by atoms with Crippen LogP contribution in [0.15, 0.2) is 0 Å². The van der Waals surface area contributed by atoms with Gasteiger partial charge in [0.25, 0.3) is 0 Å². The molecule has 17 heavy (non-hydrogen) atoms. The predicted molar refractivity (Wildman–Crippen MR) is 62.4 cm³/mol. The van der Waals surface area contributed by atoms with Gasteiger partial charge in [-0.05, 0) is 19.4 Å². The minimum absolute atomic E-state index is 0.207. The number of nitrogens with zero attached hydrogens (tertiary/aromatic N) is 1. The summed E-state index contributed by atoms with van der Waals surface area (Å²) >= 11 is 0. The van der Waals surface area contributed by atoms with Gasteiger partial charge < -0.3 is 9.47 Å². The predicted octanol–water partition coefficient (Wildman–Crippen LogP) is 0.823. The van der Waals surface area contributed by atoms with Crippen molar-refractivity contribution in [3.8, 4) is 0 Å². The first-order valence-electron chi connectivity index (χ1n) is 5.99. The van der Waals surface area contributed by atoms with E-state index in [0.717, 1.165) is 25.8 Å². The van der Waals surface area contributed by atoms with Crippen LogP contribution in [0.5, 0.6) is 0 Å². The van der Waals surface area contributed by atoms with Crippen LogP contribution in [0, 0.1) is 5.92 Å². The fraction of sp³-hybridized carbons (Fsp3) is 0.833. The molecule has 5 heteroatoms. The summed E-state index contributed by atoms with van der Waals surface area (Å²) in [5.41, 5.74) is 0. The molecule has 2 atom stereocenters. The van der Waals surface area contributed by atoms with Crippen molar-refractivity contribution in [2.45, 2.75) is 32.2 Å². The van der Waals surface area contributed by atoms with Gasteiger partial charge in [-0.1, -0.05) is 13.3 Å². The van der Waals surface area contributed by atoms with Crippen LogP contribution in [0.3, 0.4) is 0 Å². The van der Waals surface area contributed by atoms with E-state index in [-0.39, 0.29) is 23.9 Å². The average Bonchev–Trinajstić information content (AvgIpc) is 2.37. The average molecular weight is 243 g/mol. The molecule has 1 aliphatic heterocycles. The van der Waals surface area contributed by atoms with E-state index in [2.05, 4.69) is 0 Å². The van der Waals surface area contributed by atoms with E-state index in [0.29, 0.717) is 6.54 Å². The second kappa shape index (κ2) is 6.59. The zero-order valence-corrected chi connectivity index (χ0v) is 10.8. The molecule has 1 heterocycles. The molecule has 1 saturated heterocycles. The van der Waals surface area contributed by atoms with E-state index in [1.807, 2.05) is 11.8 Å². The Kier molecular flexibility index (Phi) is 5.41. The number of hydrogen-bond acceptors (Lipinski definition) is 5. The Morgan fingerprint density at radius 3 is 2.59 bits per heavy atom. The molecule has 0 aromatic heterocycles. The molecular weight excluding hydrogens is 222 g/mol. The number of carbonyl (C=O) groups is 2. The van der Waals surface area contributed by atoms with Crippen molar-refractivity contribution in [3.63, 3.8) is 0 Å². The molecule has 0 aromatic rings. The summed E-state index contributed by atoms with van der Waals surface area (Å²) in [4.78, 5) is 25.0. The highest BCUT2D eigenvalue weighted by molar-refractivity contribution is 5.76. The van der Waals surface area contributed by atoms with E-state index in [4.69, 9.17) is 9.47 Å². The zero-order chi connectivity index (χ0) is 12.8. The fourth-order valence-electron chi connectivity index (χ4n) is 2.24. The number of ether oxygens (including phenoxy) is 2. The molecule has 0 amide bonds. The Morgan fingerprint density at radius 1 is 1.29 bits per heavy atom. The van der Waals surface area contributed by atoms with Gasteiger partial charge in [0.05, 0.1) is 20.1 Å². The third-order valence-electron chi connectivity index (χ3n) is 3.20. The van der Waals surface area contributed by atoms with Crippen molar-refractivity contribution in [3.05, 3.63) is 0 Å². The van der Waals surface area contributed by atoms with Crippen LogP contribution >= 0.6 is 0 Å². The van der Waals surface area contributed by atoms with Gasteiger partial charge in [-0.25, -0.2) is 0 Å². The Morgan fingerprint density at radius 2 is 2.00 bits per heavy atom. The molecule has 0 aromatic carbocycles. The molecule has 0 radical (unpaired) electrons. The quantitative estimate of drug-likeness (QED) is 0.684. The highest BCUT2D eigenvalue weighted by Gasteiger charge is 2.31. The summed E-state index contributed by atoms with van der Waals surface area (Å²) in [5, 5.41) is 0. The molecule has 1 fully saturated rings. The van der Waals surface area contributed by atoms with Crippen molar-refractivity contribution in [1.82, 2.24) is 4.90 Å². The van der Waals surface area contributed by atoms with Gasteiger partial charge in [-0.2, -0.15) is 0 Å². The molecule has 98 valence electrons. The van der Waals surface area contributed by atoms with Gasteiger partial charge in [0.2, 0.25) is 0 Å². The van der Waals surface area contributed by atoms with Crippen molar-refractivity contribution in [2.75, 3.05) is 27.3 Å². The maximum absolute atomic E-state index is 11.6. The maximum atomic E-state index is 11.6. The normalized spacial score (nSPS) is 22.9. The Balaban J connectivity index is 2.59. The molecule has 0 bridgehead atoms. The number of piperidine rings is 1. The van der Waals surface area contributed by atoms with Gasteiger partial charge in [-0.3, -0.25) is 14.5 Å². The second-order valence-electron chi connectivity index (χ2n) is 4.45. The second-order valence-corrected chi connectivity index (χ2v) is 4.45. The van der Waals surface area contributed by atoms with E-state index < -0.39 is 0 Å². The van der Waals surface area contributed by atoms with Crippen LogP contribution < -0.4 is 0 Å². The summed E-state index contributed by atoms with van der Waals surface area (Å²) in [5.74, 6) is -0.661. The first-order valence-corrected chi connectivity index (χ1v) is 5.99. The maximum Gasteiger partial charge on any atom is 0.323 e. The summed E-state index contributed by atoms with van der Waals surface area (Å²) in [6.45, 7) is 3.20. The summed E-state index contributed by atoms with van der Waals surface area (Å²) in [7, 11) is 2.78. The number of esters is 2. The zero-order valence-electron chi connectivity index (χ0n) is 10.8. The first-order chi connectivity index (χ1) is 8.10. The molecule has 2 unspecified atom stereocenters. The van der Waals surface area contributed by atoms with Crippen LogP contribution in [0.1, 0.15) is 26.2 Å². The van der Waals surface area contributed by atoms with Crippen molar-refractivity contribution >= 4 is 11.9 Å². The van der Waals surface area contributed by atoms with Gasteiger partial charge >= 0.3 is 11.9 Å². The lowest BCUT2D eigenvalue weighted by Gasteiger charge is -2.34. The Bertz CT molecular complexity index is 280. The van der Waals surface area contributed by atoms with Gasteiger partial charge in [-0.15, -0.1) is 0 Å². The van der Waals surface area contributed by atoms with E-state index in [1.165, 1.54) is 14.2 Å². The van der Waals surface area contributed by atoms with Crippen molar-refractivity contribution in [2.24, 2.45) is 5.92 Å². The van der Waals surface area contributed by atoms with Crippen LogP contribution in [0.4, 0.5) is 0 Å². The molecule has 0 spiro atoms. The molecule has 0 N–H and O–H groups in total. The topological polar surface area (TPSA) is 55.8 Å². The molecule has 5 nitrogen and oxygen atoms in total. The summed E-state index contributed by atoms with van der Waals surface area (Å²) < 4.78 is 9.49. The fourth-order valence-corrected chi connectivity index (χ4v) is 2.24. The number of rotatable bonds is 4. The van der Waals surface area contributed by atoms with Gasteiger partial charge in [0.1, 0.15) is 6.04 Å². The minimum atomic E-state index is -0.237. The van der Waals surface area contributed by atoms with E-state index in [1.54, 1.807) is 0 Å². The lowest BCUT2D eigenvalue weighted by molar-refractivity contribution is -0.152. The van der Waals surface area contributed by atoms with E-state index >= 15 is 0 Å². The Hall–Kier alpha value is -1.10. The summed E-state index contributed by atoms with van der Waals surface area (Å²) in [6, 6.07) is -0.208. The van der Waals surface area contributed by atoms with Crippen LogP contribution in [0.2, 0.25) is 0 Å². The third kappa shape index (κ3) is 3.70. The lowest BCUT2D eigenvalue weighted by Crippen LogP contribution is -2.47. The first kappa shape index (κ1) is 14.0. The van der Waals surface area contributed by atoms with Crippen LogP contribution in [0.25, 0.3) is 0 Å². The van der Waals surface area contributed by atoms with E-state index in [9.17, 15) is 9.59 Å². The standard InChI is InChI=1S/C12H21NO4/c1-9(11(14)16-2)8-13-7-5-4-6-10(13)12(15)17-3/h9-10H,4-8H2,1-3H3. The molecule has 0 aliphatic carbocycles. The van der Waals surface area contributed by atoms with Crippen molar-refractivity contribution in [1.29, 1.82) is 0 Å². The number of methoxy groups -OCH3 is 2. The van der Waals surface area contributed by atoms with Crippen LogP contribution in [-0.2, 0) is 19.1 Å². The smallest absolute Gasteiger partial charge is 0.323 e. The molecular formula is C12H21NO4. The molecule has 0 saturated carbocycles. The third-order valence-corrected chi connectivity index (χ3v) is 3.20. The Labute approximate surface area is 102 Å². The minimum Gasteiger partial charge on any atom is -0.469 e. The number of carbonyl (C=O) groups excluding carboxylic acids is 2. The van der Waals surface area contributed by atoms with Gasteiger partial charge in [0, 0.05) is 6.54 Å². The largest absolute Gasteiger partial charge is 0.469 e. The van der Waals surface area contributed by atoms with Crippen molar-refractivity contribution < 1.29 is 19.1 Å². The molecule has 1 rings (SSSR count). The summed E-state index contributed by atoms with van der Waals surface area (Å²) in [6.07, 6.45) is 2.89. The van der Waals surface area contributed by atoms with Crippen LogP contribution in [-0.4, -0.2) is 50.2 Å². The highest BCUT2D eigenvalue weighted by atomic mass is 16.5. The van der Waals surface area contributed by atoms with Gasteiger partial charge in [0.15, 0.2) is 0 Å². The monoisotopic (exact) mass is 243 g/mol. The molecule has 1 aliphatic rings.